The van der Waals surface area contributed by atoms with Crippen LogP contribution in [0.3, 0.4) is 0 Å². The first-order valence-electron chi connectivity index (χ1n) is 12.2. The van der Waals surface area contributed by atoms with E-state index in [0.29, 0.717) is 0 Å². The van der Waals surface area contributed by atoms with Crippen molar-refractivity contribution in [1.29, 1.82) is 0 Å². The van der Waals surface area contributed by atoms with E-state index in [2.05, 4.69) is 124 Å². The molecule has 8 rings (SSSR count). The van der Waals surface area contributed by atoms with Gasteiger partial charge < -0.3 is 9.47 Å². The fraction of sp³-hybridized carbons (Fsp3) is 0. The van der Waals surface area contributed by atoms with Gasteiger partial charge in [0.05, 0.1) is 34.3 Å². The monoisotopic (exact) mass is 459 g/mol. The van der Waals surface area contributed by atoms with E-state index in [-0.39, 0.29) is 0 Å². The first kappa shape index (κ1) is 19.4. The Morgan fingerprint density at radius 1 is 0.528 bits per heavy atom. The number of aromatic nitrogens is 2. The molecule has 0 N–H and O–H groups in total. The predicted molar refractivity (Wildman–Crippen MR) is 150 cm³/mol. The molecule has 0 atom stereocenters. The van der Waals surface area contributed by atoms with E-state index >= 15 is 0 Å². The van der Waals surface area contributed by atoms with Crippen molar-refractivity contribution < 1.29 is 0 Å². The lowest BCUT2D eigenvalue weighted by molar-refractivity contribution is 1.14. The first-order chi connectivity index (χ1) is 17.9. The number of fused-ring (bicyclic) bond motifs is 6. The minimum absolute atomic E-state index is 1.06. The maximum absolute atomic E-state index is 4.43. The molecule has 36 heavy (non-hydrogen) atoms. The van der Waals surface area contributed by atoms with E-state index in [1.807, 2.05) is 18.5 Å². The molecule has 0 bridgehead atoms. The fourth-order valence-corrected chi connectivity index (χ4v) is 5.95. The second-order valence-electron chi connectivity index (χ2n) is 9.27. The smallest absolute Gasteiger partial charge is 0.0645 e. The summed E-state index contributed by atoms with van der Waals surface area (Å²) < 4.78 is 2.34. The van der Waals surface area contributed by atoms with Gasteiger partial charge in [-0.15, -0.1) is 0 Å². The van der Waals surface area contributed by atoms with Crippen molar-refractivity contribution >= 4 is 49.6 Å². The van der Waals surface area contributed by atoms with Gasteiger partial charge in [0.1, 0.15) is 0 Å². The van der Waals surface area contributed by atoms with Gasteiger partial charge in [-0.25, -0.2) is 0 Å². The molecule has 0 spiro atoms. The summed E-state index contributed by atoms with van der Waals surface area (Å²) in [6.07, 6.45) is 3.77. The average Bonchev–Trinajstić information content (AvgIpc) is 3.29. The quantitative estimate of drug-likeness (QED) is 0.258. The zero-order chi connectivity index (χ0) is 23.6. The van der Waals surface area contributed by atoms with E-state index in [0.717, 1.165) is 11.4 Å². The molecular weight excluding hydrogens is 438 g/mol. The normalized spacial score (nSPS) is 12.4. The van der Waals surface area contributed by atoms with E-state index in [9.17, 15) is 0 Å². The van der Waals surface area contributed by atoms with Gasteiger partial charge in [0.2, 0.25) is 0 Å². The van der Waals surface area contributed by atoms with Gasteiger partial charge in [-0.05, 0) is 53.4 Å². The van der Waals surface area contributed by atoms with Crippen molar-refractivity contribution in [3.05, 3.63) is 128 Å². The van der Waals surface area contributed by atoms with Crippen molar-refractivity contribution in [3.63, 3.8) is 0 Å². The Hall–Kier alpha value is -4.89. The Morgan fingerprint density at radius 2 is 1.33 bits per heavy atom. The van der Waals surface area contributed by atoms with Crippen LogP contribution in [0, 0.1) is 0 Å². The number of para-hydroxylation sites is 2. The van der Waals surface area contributed by atoms with Gasteiger partial charge >= 0.3 is 0 Å². The van der Waals surface area contributed by atoms with Crippen LogP contribution in [-0.4, -0.2) is 9.55 Å². The van der Waals surface area contributed by atoms with Crippen LogP contribution in [-0.2, 0) is 0 Å². The van der Waals surface area contributed by atoms with Crippen LogP contribution in [0.5, 0.6) is 0 Å². The first-order valence-corrected chi connectivity index (χ1v) is 12.2. The number of anilines is 3. The summed E-state index contributed by atoms with van der Waals surface area (Å²) in [5, 5.41) is 5.05. The Balaban J connectivity index is 1.60. The highest BCUT2D eigenvalue weighted by Gasteiger charge is 2.29. The largest absolute Gasteiger partial charge is 0.309 e. The van der Waals surface area contributed by atoms with Crippen molar-refractivity contribution in [1.82, 2.24) is 9.55 Å². The van der Waals surface area contributed by atoms with Gasteiger partial charge in [0, 0.05) is 33.6 Å². The van der Waals surface area contributed by atoms with Crippen molar-refractivity contribution in [2.45, 2.75) is 0 Å². The second kappa shape index (κ2) is 7.30. The Labute approximate surface area is 208 Å². The highest BCUT2D eigenvalue weighted by molar-refractivity contribution is 6.24. The highest BCUT2D eigenvalue weighted by Crippen LogP contribution is 2.54. The van der Waals surface area contributed by atoms with Crippen LogP contribution in [0.15, 0.2) is 128 Å². The van der Waals surface area contributed by atoms with Gasteiger partial charge in [-0.1, -0.05) is 72.8 Å². The topological polar surface area (TPSA) is 21.1 Å². The Kier molecular flexibility index (Phi) is 3.94. The minimum Gasteiger partial charge on any atom is -0.309 e. The maximum atomic E-state index is 4.43. The molecule has 0 aliphatic carbocycles. The summed E-state index contributed by atoms with van der Waals surface area (Å²) in [7, 11) is 0. The van der Waals surface area contributed by atoms with Gasteiger partial charge in [0.15, 0.2) is 0 Å². The molecule has 3 heteroatoms. The lowest BCUT2D eigenvalue weighted by Crippen LogP contribution is -2.15. The number of pyridine rings is 1. The van der Waals surface area contributed by atoms with E-state index in [1.165, 1.54) is 55.1 Å². The van der Waals surface area contributed by atoms with Crippen LogP contribution in [0.25, 0.3) is 49.4 Å². The molecule has 7 aromatic rings. The number of hydrogen-bond donors (Lipinski definition) is 0. The third kappa shape index (κ3) is 2.54. The molecule has 5 aromatic carbocycles. The van der Waals surface area contributed by atoms with Crippen LogP contribution in [0.2, 0.25) is 0 Å². The summed E-state index contributed by atoms with van der Waals surface area (Å²) in [4.78, 5) is 6.88. The molecule has 0 fully saturated rings. The lowest BCUT2D eigenvalue weighted by Gasteiger charge is -2.34. The molecule has 0 saturated carbocycles. The Bertz CT molecular complexity index is 1930. The average molecular weight is 460 g/mol. The van der Waals surface area contributed by atoms with Crippen molar-refractivity contribution in [2.24, 2.45) is 0 Å². The summed E-state index contributed by atoms with van der Waals surface area (Å²) in [6.45, 7) is 0. The van der Waals surface area contributed by atoms with Crippen LogP contribution in [0.1, 0.15) is 0 Å². The summed E-state index contributed by atoms with van der Waals surface area (Å²) in [5.74, 6) is 0. The second-order valence-corrected chi connectivity index (χ2v) is 9.27. The Morgan fingerprint density at radius 3 is 2.19 bits per heavy atom. The molecule has 3 heterocycles. The fourth-order valence-electron chi connectivity index (χ4n) is 5.95. The molecule has 1 aliphatic rings. The molecular formula is C33H21N3. The van der Waals surface area contributed by atoms with Crippen molar-refractivity contribution in [2.75, 3.05) is 4.90 Å². The van der Waals surface area contributed by atoms with Crippen LogP contribution < -0.4 is 4.90 Å². The van der Waals surface area contributed by atoms with Gasteiger partial charge in [-0.2, -0.15) is 0 Å². The SMILES string of the molecule is c1ccc(N2c3cccc4cccc(c34)-c3ccc4c(c32)c2ccccc2n4-c2cccnc2)cc1. The molecule has 0 saturated heterocycles. The number of hydrogen-bond acceptors (Lipinski definition) is 2. The summed E-state index contributed by atoms with van der Waals surface area (Å²) >= 11 is 0. The molecule has 168 valence electrons. The highest BCUT2D eigenvalue weighted by atomic mass is 15.2. The van der Waals surface area contributed by atoms with E-state index in [4.69, 9.17) is 0 Å². The molecule has 3 nitrogen and oxygen atoms in total. The maximum Gasteiger partial charge on any atom is 0.0645 e. The van der Waals surface area contributed by atoms with Gasteiger partial charge in [0.25, 0.3) is 0 Å². The third-order valence-electron chi connectivity index (χ3n) is 7.37. The zero-order valence-corrected chi connectivity index (χ0v) is 19.5. The standard InChI is InChI=1S/C33H21N3/c1-2-11-23(12-3-1)36-29-17-7-10-22-9-6-15-25(31(22)29)26-18-19-30-32(33(26)36)27-14-4-5-16-28(27)35(30)24-13-8-20-34-21-24/h1-21H. The van der Waals surface area contributed by atoms with Crippen LogP contribution in [0.4, 0.5) is 17.1 Å². The predicted octanol–water partition coefficient (Wildman–Crippen LogP) is 8.78. The zero-order valence-electron chi connectivity index (χ0n) is 19.5. The molecule has 0 radical (unpaired) electrons. The summed E-state index contributed by atoms with van der Waals surface area (Å²) in [5.41, 5.74) is 9.56. The van der Waals surface area contributed by atoms with E-state index in [1.54, 1.807) is 0 Å². The number of nitrogens with zero attached hydrogens (tertiary/aromatic N) is 3. The lowest BCUT2D eigenvalue weighted by atomic mass is 9.89. The van der Waals surface area contributed by atoms with Crippen LogP contribution >= 0.6 is 0 Å². The molecule has 2 aromatic heterocycles. The number of benzene rings is 5. The molecule has 0 amide bonds. The molecule has 0 unspecified atom stereocenters. The number of rotatable bonds is 2. The minimum atomic E-state index is 1.06. The molecule has 1 aliphatic heterocycles. The summed E-state index contributed by atoms with van der Waals surface area (Å²) in [6, 6.07) is 41.4. The van der Waals surface area contributed by atoms with Crippen molar-refractivity contribution in [3.8, 4) is 16.8 Å². The third-order valence-corrected chi connectivity index (χ3v) is 7.37. The van der Waals surface area contributed by atoms with E-state index < -0.39 is 0 Å². The van der Waals surface area contributed by atoms with Gasteiger partial charge in [-0.3, -0.25) is 4.98 Å².